The molecule has 2 aliphatic heterocycles. The number of nitrogens with one attached hydrogen (secondary N) is 2. The summed E-state index contributed by atoms with van der Waals surface area (Å²) < 4.78 is 32.0. The van der Waals surface area contributed by atoms with Crippen LogP contribution in [-0.2, 0) is 14.8 Å². The van der Waals surface area contributed by atoms with E-state index in [0.29, 0.717) is 25.1 Å². The Morgan fingerprint density at radius 2 is 2.11 bits per heavy atom. The van der Waals surface area contributed by atoms with E-state index in [1.165, 1.54) is 12.8 Å². The first-order valence-corrected chi connectivity index (χ1v) is 9.09. The Balaban J connectivity index is 1.65. The Kier molecular flexibility index (Phi) is 6.06. The molecule has 2 N–H and O–H groups in total. The molecule has 2 rings (SSSR count). The van der Waals surface area contributed by atoms with Gasteiger partial charge in [-0.25, -0.2) is 13.1 Å². The Morgan fingerprint density at radius 1 is 1.21 bits per heavy atom. The average molecular weight is 290 g/mol. The molecule has 2 fully saturated rings. The van der Waals surface area contributed by atoms with Gasteiger partial charge in [-0.1, -0.05) is 6.42 Å². The summed E-state index contributed by atoms with van der Waals surface area (Å²) in [5, 5.41) is 3.38. The molecule has 0 aromatic heterocycles. The Morgan fingerprint density at radius 3 is 2.79 bits per heavy atom. The highest BCUT2D eigenvalue weighted by Gasteiger charge is 2.20. The molecule has 0 bridgehead atoms. The van der Waals surface area contributed by atoms with Crippen molar-refractivity contribution in [2.75, 3.05) is 32.1 Å². The molecule has 2 atom stereocenters. The van der Waals surface area contributed by atoms with Crippen molar-refractivity contribution < 1.29 is 13.2 Å². The maximum Gasteiger partial charge on any atom is 0.211 e. The van der Waals surface area contributed by atoms with Crippen molar-refractivity contribution in [2.45, 2.75) is 44.6 Å². The standard InChI is InChI=1S/C13H26N2O3S/c16-19(17,9-6-13-5-1-2-7-14-13)15-10-12-4-3-8-18-11-12/h12-15H,1-11H2. The largest absolute Gasteiger partial charge is 0.381 e. The fraction of sp³-hybridized carbons (Fsp3) is 1.00. The highest BCUT2D eigenvalue weighted by molar-refractivity contribution is 7.89. The van der Waals surface area contributed by atoms with E-state index in [1.807, 2.05) is 0 Å². The molecule has 0 spiro atoms. The van der Waals surface area contributed by atoms with Crippen LogP contribution < -0.4 is 10.0 Å². The Hall–Kier alpha value is -0.170. The molecular weight excluding hydrogens is 264 g/mol. The minimum absolute atomic E-state index is 0.234. The topological polar surface area (TPSA) is 67.4 Å². The number of hydrogen-bond donors (Lipinski definition) is 2. The minimum atomic E-state index is -3.13. The van der Waals surface area contributed by atoms with E-state index in [2.05, 4.69) is 10.0 Å². The van der Waals surface area contributed by atoms with Gasteiger partial charge in [-0.3, -0.25) is 0 Å². The van der Waals surface area contributed by atoms with Crippen LogP contribution in [0.4, 0.5) is 0 Å². The fourth-order valence-electron chi connectivity index (χ4n) is 2.75. The van der Waals surface area contributed by atoms with Crippen LogP contribution in [0.3, 0.4) is 0 Å². The molecule has 5 nitrogen and oxygen atoms in total. The molecule has 2 heterocycles. The predicted molar refractivity (Wildman–Crippen MR) is 75.6 cm³/mol. The van der Waals surface area contributed by atoms with Gasteiger partial charge in [-0.15, -0.1) is 0 Å². The van der Waals surface area contributed by atoms with Crippen LogP contribution in [0.15, 0.2) is 0 Å². The summed E-state index contributed by atoms with van der Waals surface area (Å²) in [7, 11) is -3.13. The zero-order chi connectivity index (χ0) is 13.6. The van der Waals surface area contributed by atoms with Crippen LogP contribution in [0.1, 0.15) is 38.5 Å². The molecule has 2 saturated heterocycles. The molecule has 112 valence electrons. The third kappa shape index (κ3) is 5.77. The molecule has 0 aromatic carbocycles. The van der Waals surface area contributed by atoms with Crippen LogP contribution in [-0.4, -0.2) is 46.5 Å². The van der Waals surface area contributed by atoms with Gasteiger partial charge in [-0.05, 0) is 44.6 Å². The van der Waals surface area contributed by atoms with E-state index >= 15 is 0 Å². The molecule has 0 aromatic rings. The molecule has 0 amide bonds. The molecule has 0 radical (unpaired) electrons. The number of rotatable bonds is 6. The minimum Gasteiger partial charge on any atom is -0.381 e. The van der Waals surface area contributed by atoms with Gasteiger partial charge in [-0.2, -0.15) is 0 Å². The van der Waals surface area contributed by atoms with Crippen LogP contribution >= 0.6 is 0 Å². The summed E-state index contributed by atoms with van der Waals surface area (Å²) in [5.41, 5.74) is 0. The summed E-state index contributed by atoms with van der Waals surface area (Å²) in [6, 6.07) is 0.378. The summed E-state index contributed by atoms with van der Waals surface area (Å²) in [6.45, 7) is 3.06. The van der Waals surface area contributed by atoms with Gasteiger partial charge in [0.1, 0.15) is 0 Å². The first-order chi connectivity index (χ1) is 9.16. The normalized spacial score (nSPS) is 29.3. The van der Waals surface area contributed by atoms with Gasteiger partial charge in [0.25, 0.3) is 0 Å². The second-order valence-electron chi connectivity index (χ2n) is 5.69. The summed E-state index contributed by atoms with van der Waals surface area (Å²) in [5.74, 6) is 0.578. The van der Waals surface area contributed by atoms with Gasteiger partial charge in [0, 0.05) is 19.2 Å². The average Bonchev–Trinajstić information content (AvgIpc) is 2.46. The van der Waals surface area contributed by atoms with Gasteiger partial charge < -0.3 is 10.1 Å². The predicted octanol–water partition coefficient (Wildman–Crippen LogP) is 0.865. The molecule has 0 aliphatic carbocycles. The van der Waals surface area contributed by atoms with Crippen LogP contribution in [0.5, 0.6) is 0 Å². The van der Waals surface area contributed by atoms with Crippen molar-refractivity contribution in [2.24, 2.45) is 5.92 Å². The summed E-state index contributed by atoms with van der Waals surface area (Å²) in [4.78, 5) is 0. The lowest BCUT2D eigenvalue weighted by Crippen LogP contribution is -2.38. The van der Waals surface area contributed by atoms with Crippen molar-refractivity contribution in [1.82, 2.24) is 10.0 Å². The summed E-state index contributed by atoms with van der Waals surface area (Å²) in [6.07, 6.45) is 6.35. The van der Waals surface area contributed by atoms with E-state index in [4.69, 9.17) is 4.74 Å². The molecule has 2 aliphatic rings. The lowest BCUT2D eigenvalue weighted by Gasteiger charge is -2.24. The van der Waals surface area contributed by atoms with E-state index in [1.54, 1.807) is 0 Å². The van der Waals surface area contributed by atoms with Gasteiger partial charge in [0.15, 0.2) is 0 Å². The number of ether oxygens (including phenoxy) is 1. The third-order valence-electron chi connectivity index (χ3n) is 3.99. The SMILES string of the molecule is O=S(=O)(CCC1CCCCN1)NCC1CCCOC1. The third-order valence-corrected chi connectivity index (χ3v) is 5.37. The number of sulfonamides is 1. The zero-order valence-electron chi connectivity index (χ0n) is 11.6. The second kappa shape index (κ2) is 7.57. The smallest absolute Gasteiger partial charge is 0.211 e. The quantitative estimate of drug-likeness (QED) is 0.761. The molecule has 19 heavy (non-hydrogen) atoms. The maximum absolute atomic E-state index is 11.9. The maximum atomic E-state index is 11.9. The van der Waals surface area contributed by atoms with Crippen LogP contribution in [0, 0.1) is 5.92 Å². The molecule has 2 unspecified atom stereocenters. The first kappa shape index (κ1) is 15.2. The van der Waals surface area contributed by atoms with E-state index in [9.17, 15) is 8.42 Å². The van der Waals surface area contributed by atoms with Crippen LogP contribution in [0.2, 0.25) is 0 Å². The van der Waals surface area contributed by atoms with Crippen molar-refractivity contribution >= 4 is 10.0 Å². The molecule has 0 saturated carbocycles. The monoisotopic (exact) mass is 290 g/mol. The number of hydrogen-bond acceptors (Lipinski definition) is 4. The van der Waals surface area contributed by atoms with Gasteiger partial charge >= 0.3 is 0 Å². The van der Waals surface area contributed by atoms with E-state index < -0.39 is 10.0 Å². The van der Waals surface area contributed by atoms with Gasteiger partial charge in [0.2, 0.25) is 10.0 Å². The van der Waals surface area contributed by atoms with Crippen molar-refractivity contribution in [3.05, 3.63) is 0 Å². The molecular formula is C13H26N2O3S. The Bertz CT molecular complexity index is 319. The molecule has 6 heteroatoms. The first-order valence-electron chi connectivity index (χ1n) is 7.44. The van der Waals surface area contributed by atoms with E-state index in [-0.39, 0.29) is 5.75 Å². The van der Waals surface area contributed by atoms with Gasteiger partial charge in [0.05, 0.1) is 12.4 Å². The Labute approximate surface area is 116 Å². The van der Waals surface area contributed by atoms with Crippen molar-refractivity contribution in [1.29, 1.82) is 0 Å². The van der Waals surface area contributed by atoms with Crippen LogP contribution in [0.25, 0.3) is 0 Å². The zero-order valence-corrected chi connectivity index (χ0v) is 12.4. The lowest BCUT2D eigenvalue weighted by atomic mass is 10.0. The highest BCUT2D eigenvalue weighted by atomic mass is 32.2. The summed E-state index contributed by atoms with van der Waals surface area (Å²) >= 11 is 0. The second-order valence-corrected chi connectivity index (χ2v) is 7.61. The number of piperidine rings is 1. The van der Waals surface area contributed by atoms with E-state index in [0.717, 1.165) is 38.8 Å². The highest BCUT2D eigenvalue weighted by Crippen LogP contribution is 2.13. The van der Waals surface area contributed by atoms with Crippen molar-refractivity contribution in [3.63, 3.8) is 0 Å². The lowest BCUT2D eigenvalue weighted by molar-refractivity contribution is 0.0568. The fourth-order valence-corrected chi connectivity index (χ4v) is 3.98. The van der Waals surface area contributed by atoms with Crippen molar-refractivity contribution in [3.8, 4) is 0 Å².